The molecule has 0 saturated heterocycles. The number of thiophene rings is 1. The maximum atomic E-state index is 13.1. The topological polar surface area (TPSA) is 66.9 Å². The quantitative estimate of drug-likeness (QED) is 0.626. The molecule has 0 aliphatic carbocycles. The highest BCUT2D eigenvalue weighted by molar-refractivity contribution is 7.91. The fraction of sp³-hybridized carbons (Fsp3) is 0.722. The van der Waals surface area contributed by atoms with Gasteiger partial charge in [-0.15, -0.1) is 11.3 Å². The van der Waals surface area contributed by atoms with Crippen LogP contribution in [0.2, 0.25) is 0 Å². The Labute approximate surface area is 161 Å². The van der Waals surface area contributed by atoms with Crippen molar-refractivity contribution in [1.29, 1.82) is 0 Å². The van der Waals surface area contributed by atoms with Crippen LogP contribution in [0.5, 0.6) is 0 Å². The van der Waals surface area contributed by atoms with Crippen LogP contribution in [0, 0.1) is 5.92 Å². The summed E-state index contributed by atoms with van der Waals surface area (Å²) in [4.78, 5) is 15.7. The van der Waals surface area contributed by atoms with Gasteiger partial charge >= 0.3 is 5.97 Å². The molecule has 0 bridgehead atoms. The molecule has 6 nitrogen and oxygen atoms in total. The molecule has 8 heteroatoms. The van der Waals surface area contributed by atoms with Crippen molar-refractivity contribution in [3.8, 4) is 0 Å². The molecule has 148 valence electrons. The van der Waals surface area contributed by atoms with E-state index in [0.717, 1.165) is 30.0 Å². The van der Waals surface area contributed by atoms with Gasteiger partial charge in [-0.05, 0) is 30.9 Å². The number of rotatable bonds is 8. The standard InChI is InChI=1S/C18H30N2O4S2/c1-6-20(7-2)26(22,23)18-16(17(21)24-5)14-9-11-19(10-8-13(3)4)12-15(14)25-18/h13H,6-12H2,1-5H3. The number of methoxy groups -OCH3 is 1. The molecule has 0 saturated carbocycles. The smallest absolute Gasteiger partial charge is 0.340 e. The van der Waals surface area contributed by atoms with Gasteiger partial charge in [0, 0.05) is 31.1 Å². The third-order valence-corrected chi connectivity index (χ3v) is 8.56. The van der Waals surface area contributed by atoms with Gasteiger partial charge in [-0.25, -0.2) is 13.2 Å². The second-order valence-corrected chi connectivity index (χ2v) is 10.2. The third kappa shape index (κ3) is 4.30. The van der Waals surface area contributed by atoms with Crippen LogP contribution in [-0.2, 0) is 27.7 Å². The van der Waals surface area contributed by atoms with Crippen LogP contribution in [0.25, 0.3) is 0 Å². The Kier molecular flexibility index (Phi) is 7.24. The number of esters is 1. The molecule has 1 aliphatic heterocycles. The largest absolute Gasteiger partial charge is 0.465 e. The highest BCUT2D eigenvalue weighted by Gasteiger charge is 2.36. The Hall–Kier alpha value is -0.960. The molecule has 0 aromatic carbocycles. The molecule has 1 aliphatic rings. The maximum absolute atomic E-state index is 13.1. The zero-order valence-corrected chi connectivity index (χ0v) is 18.0. The summed E-state index contributed by atoms with van der Waals surface area (Å²) in [5.74, 6) is 0.0767. The molecule has 0 amide bonds. The highest BCUT2D eigenvalue weighted by Crippen LogP contribution is 2.38. The van der Waals surface area contributed by atoms with Crippen molar-refractivity contribution in [2.75, 3.05) is 33.3 Å². The van der Waals surface area contributed by atoms with E-state index in [0.29, 0.717) is 32.0 Å². The fourth-order valence-corrected chi connectivity index (χ4v) is 6.76. The average molecular weight is 403 g/mol. The molecule has 1 aromatic heterocycles. The van der Waals surface area contributed by atoms with E-state index in [1.165, 1.54) is 22.8 Å². The Morgan fingerprint density at radius 2 is 1.96 bits per heavy atom. The van der Waals surface area contributed by atoms with Gasteiger partial charge in [0.05, 0.1) is 12.7 Å². The van der Waals surface area contributed by atoms with Crippen molar-refractivity contribution >= 4 is 27.3 Å². The Morgan fingerprint density at radius 1 is 1.31 bits per heavy atom. The van der Waals surface area contributed by atoms with E-state index in [4.69, 9.17) is 4.74 Å². The monoisotopic (exact) mass is 402 g/mol. The summed E-state index contributed by atoms with van der Waals surface area (Å²) in [6, 6.07) is 0. The summed E-state index contributed by atoms with van der Waals surface area (Å²) >= 11 is 1.24. The van der Waals surface area contributed by atoms with Gasteiger partial charge in [-0.1, -0.05) is 27.7 Å². The summed E-state index contributed by atoms with van der Waals surface area (Å²) < 4.78 is 32.6. The van der Waals surface area contributed by atoms with Crippen molar-refractivity contribution in [2.24, 2.45) is 5.92 Å². The van der Waals surface area contributed by atoms with E-state index in [1.807, 2.05) is 0 Å². The van der Waals surface area contributed by atoms with Gasteiger partial charge in [0.1, 0.15) is 4.21 Å². The molecule has 0 atom stereocenters. The maximum Gasteiger partial charge on any atom is 0.340 e. The Morgan fingerprint density at radius 3 is 2.50 bits per heavy atom. The number of sulfonamides is 1. The number of nitrogens with zero attached hydrogens (tertiary/aromatic N) is 2. The number of ether oxygens (including phenoxy) is 1. The van der Waals surface area contributed by atoms with E-state index in [-0.39, 0.29) is 9.77 Å². The minimum Gasteiger partial charge on any atom is -0.465 e. The van der Waals surface area contributed by atoms with Gasteiger partial charge < -0.3 is 4.74 Å². The SMILES string of the molecule is CCN(CC)S(=O)(=O)c1sc2c(c1C(=O)OC)CCN(CCC(C)C)C2. The summed E-state index contributed by atoms with van der Waals surface area (Å²) in [5, 5.41) is 0. The Bertz CT molecular complexity index is 737. The first-order chi connectivity index (χ1) is 12.3. The van der Waals surface area contributed by atoms with Crippen molar-refractivity contribution < 1.29 is 17.9 Å². The zero-order chi connectivity index (χ0) is 19.5. The molecule has 0 unspecified atom stereocenters. The van der Waals surface area contributed by atoms with Crippen LogP contribution in [0.3, 0.4) is 0 Å². The van der Waals surface area contributed by atoms with Gasteiger partial charge in [0.2, 0.25) is 0 Å². The zero-order valence-electron chi connectivity index (χ0n) is 16.4. The van der Waals surface area contributed by atoms with Crippen LogP contribution in [0.1, 0.15) is 54.9 Å². The van der Waals surface area contributed by atoms with E-state index < -0.39 is 16.0 Å². The van der Waals surface area contributed by atoms with Gasteiger partial charge in [0.25, 0.3) is 10.0 Å². The van der Waals surface area contributed by atoms with Crippen LogP contribution >= 0.6 is 11.3 Å². The van der Waals surface area contributed by atoms with E-state index in [2.05, 4.69) is 18.7 Å². The fourth-order valence-electron chi connectivity index (χ4n) is 3.23. The van der Waals surface area contributed by atoms with E-state index in [1.54, 1.807) is 13.8 Å². The summed E-state index contributed by atoms with van der Waals surface area (Å²) in [5.41, 5.74) is 1.11. The number of carbonyl (C=O) groups is 1. The number of hydrogen-bond donors (Lipinski definition) is 0. The Balaban J connectivity index is 2.44. The van der Waals surface area contributed by atoms with E-state index >= 15 is 0 Å². The number of fused-ring (bicyclic) bond motifs is 1. The number of hydrogen-bond acceptors (Lipinski definition) is 6. The first kappa shape index (κ1) is 21.3. The number of carbonyl (C=O) groups excluding carboxylic acids is 1. The molecule has 0 spiro atoms. The lowest BCUT2D eigenvalue weighted by Crippen LogP contribution is -2.32. The highest BCUT2D eigenvalue weighted by atomic mass is 32.2. The molecule has 26 heavy (non-hydrogen) atoms. The third-order valence-electron chi connectivity index (χ3n) is 4.80. The van der Waals surface area contributed by atoms with Gasteiger partial charge in [0.15, 0.2) is 0 Å². The summed E-state index contributed by atoms with van der Waals surface area (Å²) in [6.45, 7) is 11.3. The molecule has 2 heterocycles. The molecule has 0 radical (unpaired) electrons. The van der Waals surface area contributed by atoms with E-state index in [9.17, 15) is 13.2 Å². The molecule has 2 rings (SSSR count). The van der Waals surface area contributed by atoms with Crippen molar-refractivity contribution in [1.82, 2.24) is 9.21 Å². The first-order valence-electron chi connectivity index (χ1n) is 9.21. The minimum atomic E-state index is -3.69. The van der Waals surface area contributed by atoms with Crippen LogP contribution in [0.15, 0.2) is 4.21 Å². The predicted octanol–water partition coefficient (Wildman–Crippen LogP) is 2.97. The molecule has 0 N–H and O–H groups in total. The van der Waals surface area contributed by atoms with Crippen LogP contribution in [-0.4, -0.2) is 56.9 Å². The van der Waals surface area contributed by atoms with Gasteiger partial charge in [-0.2, -0.15) is 4.31 Å². The molecule has 0 fully saturated rings. The second-order valence-electron chi connectivity index (χ2n) is 6.96. The predicted molar refractivity (Wildman–Crippen MR) is 104 cm³/mol. The van der Waals surface area contributed by atoms with Gasteiger partial charge in [-0.3, -0.25) is 4.90 Å². The van der Waals surface area contributed by atoms with Crippen LogP contribution in [0.4, 0.5) is 0 Å². The summed E-state index contributed by atoms with van der Waals surface area (Å²) in [6.07, 6.45) is 1.79. The molecule has 1 aromatic rings. The lowest BCUT2D eigenvalue weighted by molar-refractivity contribution is 0.0595. The normalized spacial score (nSPS) is 15.5. The van der Waals surface area contributed by atoms with Crippen molar-refractivity contribution in [2.45, 2.75) is 51.3 Å². The minimum absolute atomic E-state index is 0.142. The molecular weight excluding hydrogens is 372 g/mol. The average Bonchev–Trinajstić information content (AvgIpc) is 2.99. The molecular formula is C18H30N2O4S2. The second kappa shape index (κ2) is 8.82. The lowest BCUT2D eigenvalue weighted by Gasteiger charge is -2.27. The first-order valence-corrected chi connectivity index (χ1v) is 11.5. The van der Waals surface area contributed by atoms with Crippen molar-refractivity contribution in [3.63, 3.8) is 0 Å². The lowest BCUT2D eigenvalue weighted by atomic mass is 10.0. The summed E-state index contributed by atoms with van der Waals surface area (Å²) in [7, 11) is -2.39. The van der Waals surface area contributed by atoms with Crippen molar-refractivity contribution in [3.05, 3.63) is 16.0 Å². The van der Waals surface area contributed by atoms with Crippen LogP contribution < -0.4 is 0 Å².